The molecule has 104 valence electrons. The number of phenolic OH excluding ortho intramolecular Hbond substituents is 1. The lowest BCUT2D eigenvalue weighted by molar-refractivity contribution is 0.0988. The number of carbonyl (C=O) groups is 1. The predicted octanol–water partition coefficient (Wildman–Crippen LogP) is 2.95. The molecule has 4 heteroatoms. The van der Waals surface area contributed by atoms with Gasteiger partial charge in [0, 0.05) is 29.5 Å². The molecule has 2 aromatic carbocycles. The summed E-state index contributed by atoms with van der Waals surface area (Å²) in [6, 6.07) is 11.9. The third-order valence-corrected chi connectivity index (χ3v) is 3.18. The first-order chi connectivity index (χ1) is 9.52. The van der Waals surface area contributed by atoms with E-state index in [4.69, 9.17) is 5.73 Å². The van der Waals surface area contributed by atoms with Crippen molar-refractivity contribution in [2.45, 2.75) is 13.8 Å². The van der Waals surface area contributed by atoms with E-state index < -0.39 is 0 Å². The van der Waals surface area contributed by atoms with E-state index in [0.29, 0.717) is 23.5 Å². The van der Waals surface area contributed by atoms with Crippen molar-refractivity contribution < 1.29 is 9.90 Å². The van der Waals surface area contributed by atoms with E-state index in [2.05, 4.69) is 0 Å². The minimum absolute atomic E-state index is 0.101. The highest BCUT2D eigenvalue weighted by Crippen LogP contribution is 2.23. The van der Waals surface area contributed by atoms with Crippen molar-refractivity contribution in [3.8, 4) is 5.75 Å². The van der Waals surface area contributed by atoms with Gasteiger partial charge in [0.25, 0.3) is 5.91 Å². The number of carbonyl (C=O) groups excluding carboxylic acids is 1. The van der Waals surface area contributed by atoms with E-state index in [1.165, 1.54) is 0 Å². The van der Waals surface area contributed by atoms with Crippen LogP contribution in [-0.4, -0.2) is 17.6 Å². The van der Waals surface area contributed by atoms with Gasteiger partial charge in [0.2, 0.25) is 0 Å². The van der Waals surface area contributed by atoms with Crippen LogP contribution < -0.4 is 10.6 Å². The zero-order valence-corrected chi connectivity index (χ0v) is 11.6. The molecule has 0 fully saturated rings. The number of amides is 1. The summed E-state index contributed by atoms with van der Waals surface area (Å²) in [5.41, 5.74) is 8.48. The molecule has 20 heavy (non-hydrogen) atoms. The number of hydrogen-bond acceptors (Lipinski definition) is 3. The van der Waals surface area contributed by atoms with Crippen LogP contribution in [0.15, 0.2) is 42.5 Å². The molecule has 0 heterocycles. The summed E-state index contributed by atoms with van der Waals surface area (Å²) in [4.78, 5) is 14.2. The van der Waals surface area contributed by atoms with Crippen molar-refractivity contribution in [3.63, 3.8) is 0 Å². The summed E-state index contributed by atoms with van der Waals surface area (Å²) < 4.78 is 0. The van der Waals surface area contributed by atoms with Crippen molar-refractivity contribution >= 4 is 17.3 Å². The van der Waals surface area contributed by atoms with Gasteiger partial charge in [0.05, 0.1) is 0 Å². The first-order valence-electron chi connectivity index (χ1n) is 6.50. The van der Waals surface area contributed by atoms with Crippen LogP contribution in [-0.2, 0) is 0 Å². The van der Waals surface area contributed by atoms with Gasteiger partial charge >= 0.3 is 0 Å². The number of nitrogens with two attached hydrogens (primary N) is 1. The average molecular weight is 270 g/mol. The van der Waals surface area contributed by atoms with Gasteiger partial charge < -0.3 is 15.7 Å². The molecular weight excluding hydrogens is 252 g/mol. The van der Waals surface area contributed by atoms with Gasteiger partial charge in [0.15, 0.2) is 0 Å². The molecule has 0 aliphatic rings. The number of benzene rings is 2. The van der Waals surface area contributed by atoms with Gasteiger partial charge in [-0.2, -0.15) is 0 Å². The van der Waals surface area contributed by atoms with Crippen molar-refractivity contribution in [3.05, 3.63) is 53.6 Å². The summed E-state index contributed by atoms with van der Waals surface area (Å²) in [5.74, 6) is 0.0402. The fraction of sp³-hybridized carbons (Fsp3) is 0.188. The van der Waals surface area contributed by atoms with Crippen molar-refractivity contribution in [1.82, 2.24) is 0 Å². The number of rotatable bonds is 3. The Labute approximate surface area is 118 Å². The number of nitrogens with zero attached hydrogens (tertiary/aromatic N) is 1. The fourth-order valence-corrected chi connectivity index (χ4v) is 2.18. The normalized spacial score (nSPS) is 10.3. The van der Waals surface area contributed by atoms with Crippen LogP contribution >= 0.6 is 0 Å². The van der Waals surface area contributed by atoms with Gasteiger partial charge in [-0.25, -0.2) is 0 Å². The zero-order chi connectivity index (χ0) is 14.7. The van der Waals surface area contributed by atoms with Crippen LogP contribution in [0.3, 0.4) is 0 Å². The smallest absolute Gasteiger partial charge is 0.258 e. The Hall–Kier alpha value is -2.49. The largest absolute Gasteiger partial charge is 0.508 e. The lowest BCUT2D eigenvalue weighted by atomic mass is 10.1. The van der Waals surface area contributed by atoms with E-state index >= 15 is 0 Å². The number of aryl methyl sites for hydroxylation is 1. The van der Waals surface area contributed by atoms with Crippen molar-refractivity contribution in [1.29, 1.82) is 0 Å². The molecule has 0 spiro atoms. The van der Waals surface area contributed by atoms with Crippen LogP contribution in [0.4, 0.5) is 11.4 Å². The Morgan fingerprint density at radius 2 is 2.00 bits per heavy atom. The maximum Gasteiger partial charge on any atom is 0.258 e. The van der Waals surface area contributed by atoms with Crippen molar-refractivity contribution in [2.75, 3.05) is 17.2 Å². The van der Waals surface area contributed by atoms with E-state index in [9.17, 15) is 9.90 Å². The number of nitrogen functional groups attached to an aromatic ring is 1. The predicted molar refractivity (Wildman–Crippen MR) is 81.0 cm³/mol. The quantitative estimate of drug-likeness (QED) is 0.843. The molecule has 0 saturated heterocycles. The second kappa shape index (κ2) is 5.65. The van der Waals surface area contributed by atoms with Crippen LogP contribution in [0.25, 0.3) is 0 Å². The van der Waals surface area contributed by atoms with E-state index in [1.807, 2.05) is 13.8 Å². The molecule has 0 aliphatic carbocycles. The van der Waals surface area contributed by atoms with Gasteiger partial charge in [-0.3, -0.25) is 4.79 Å². The van der Waals surface area contributed by atoms with Gasteiger partial charge in [-0.05, 0) is 49.7 Å². The Kier molecular flexibility index (Phi) is 3.94. The Balaban J connectivity index is 2.39. The Morgan fingerprint density at radius 3 is 2.60 bits per heavy atom. The SMILES string of the molecule is CCN(C(=O)c1ccc(N)cc1C)c1cccc(O)c1. The van der Waals surface area contributed by atoms with Crippen LogP contribution in [0.5, 0.6) is 5.75 Å². The molecule has 2 rings (SSSR count). The lowest BCUT2D eigenvalue weighted by Crippen LogP contribution is -2.31. The molecule has 0 aromatic heterocycles. The summed E-state index contributed by atoms with van der Waals surface area (Å²) in [6.45, 7) is 4.28. The van der Waals surface area contributed by atoms with E-state index in [0.717, 1.165) is 5.56 Å². The molecule has 4 nitrogen and oxygen atoms in total. The maximum atomic E-state index is 12.6. The van der Waals surface area contributed by atoms with E-state index in [-0.39, 0.29) is 11.7 Å². The highest BCUT2D eigenvalue weighted by Gasteiger charge is 2.18. The van der Waals surface area contributed by atoms with Gasteiger partial charge in [-0.15, -0.1) is 0 Å². The standard InChI is InChI=1S/C16H18N2O2/c1-3-18(13-5-4-6-14(19)10-13)16(20)15-8-7-12(17)9-11(15)2/h4-10,19H,3,17H2,1-2H3. The first kappa shape index (κ1) is 13.9. The highest BCUT2D eigenvalue weighted by molar-refractivity contribution is 6.07. The third kappa shape index (κ3) is 2.74. The van der Waals surface area contributed by atoms with Crippen LogP contribution in [0, 0.1) is 6.92 Å². The molecule has 0 aliphatic heterocycles. The molecule has 1 amide bonds. The number of aromatic hydroxyl groups is 1. The molecule has 0 atom stereocenters. The Bertz CT molecular complexity index is 638. The minimum Gasteiger partial charge on any atom is -0.508 e. The zero-order valence-electron chi connectivity index (χ0n) is 11.6. The van der Waals surface area contributed by atoms with Crippen molar-refractivity contribution in [2.24, 2.45) is 0 Å². The topological polar surface area (TPSA) is 66.6 Å². The number of anilines is 2. The molecule has 2 aromatic rings. The monoisotopic (exact) mass is 270 g/mol. The summed E-state index contributed by atoms with van der Waals surface area (Å²) in [6.07, 6.45) is 0. The van der Waals surface area contributed by atoms with Gasteiger partial charge in [-0.1, -0.05) is 6.07 Å². The molecule has 0 radical (unpaired) electrons. The third-order valence-electron chi connectivity index (χ3n) is 3.18. The van der Waals surface area contributed by atoms with Gasteiger partial charge in [0.1, 0.15) is 5.75 Å². The number of phenols is 1. The second-order valence-corrected chi connectivity index (χ2v) is 4.64. The van der Waals surface area contributed by atoms with Crippen LogP contribution in [0.2, 0.25) is 0 Å². The first-order valence-corrected chi connectivity index (χ1v) is 6.50. The highest BCUT2D eigenvalue weighted by atomic mass is 16.3. The molecule has 3 N–H and O–H groups in total. The maximum absolute atomic E-state index is 12.6. The summed E-state index contributed by atoms with van der Waals surface area (Å²) in [5, 5.41) is 9.55. The second-order valence-electron chi connectivity index (χ2n) is 4.64. The lowest BCUT2D eigenvalue weighted by Gasteiger charge is -2.22. The average Bonchev–Trinajstić information content (AvgIpc) is 2.39. The molecule has 0 bridgehead atoms. The van der Waals surface area contributed by atoms with Crippen LogP contribution in [0.1, 0.15) is 22.8 Å². The Morgan fingerprint density at radius 1 is 1.25 bits per heavy atom. The summed E-state index contributed by atoms with van der Waals surface area (Å²) >= 11 is 0. The number of hydrogen-bond donors (Lipinski definition) is 2. The molecular formula is C16H18N2O2. The summed E-state index contributed by atoms with van der Waals surface area (Å²) in [7, 11) is 0. The van der Waals surface area contributed by atoms with E-state index in [1.54, 1.807) is 47.4 Å². The minimum atomic E-state index is -0.101. The molecule has 0 saturated carbocycles. The molecule has 0 unspecified atom stereocenters. The fourth-order valence-electron chi connectivity index (χ4n) is 2.18.